The summed E-state index contributed by atoms with van der Waals surface area (Å²) in [6.07, 6.45) is 11.8. The van der Waals surface area contributed by atoms with E-state index in [1.165, 1.54) is 44.9 Å². The van der Waals surface area contributed by atoms with Crippen LogP contribution in [0.3, 0.4) is 0 Å². The lowest BCUT2D eigenvalue weighted by Crippen LogP contribution is -2.10. The molecule has 0 saturated heterocycles. The molecule has 0 heterocycles. The van der Waals surface area contributed by atoms with Crippen LogP contribution in [0.2, 0.25) is 0 Å². The fourth-order valence-corrected chi connectivity index (χ4v) is 2.44. The fraction of sp³-hybridized carbons (Fsp3) is 0.923. The summed E-state index contributed by atoms with van der Waals surface area (Å²) in [6.45, 7) is 2.24. The average Bonchev–Trinajstić information content (AvgIpc) is 2.22. The Bertz CT molecular complexity index is 173. The van der Waals surface area contributed by atoms with Crippen LogP contribution in [0.5, 0.6) is 0 Å². The maximum absolute atomic E-state index is 10.5. The van der Waals surface area contributed by atoms with Crippen molar-refractivity contribution in [3.05, 3.63) is 0 Å². The quantitative estimate of drug-likeness (QED) is 0.451. The van der Waals surface area contributed by atoms with E-state index in [1.54, 1.807) is 0 Å². The van der Waals surface area contributed by atoms with Gasteiger partial charge in [0.05, 0.1) is 0 Å². The van der Waals surface area contributed by atoms with Gasteiger partial charge in [0, 0.05) is 11.2 Å². The highest BCUT2D eigenvalue weighted by molar-refractivity contribution is 9.09. The van der Waals surface area contributed by atoms with Crippen LogP contribution in [0, 0.1) is 0 Å². The Morgan fingerprint density at radius 2 is 1.62 bits per heavy atom. The molecule has 96 valence electrons. The molecule has 0 aromatic heterocycles. The molecule has 16 heavy (non-hydrogen) atoms. The third-order valence-corrected chi connectivity index (χ3v) is 3.73. The number of amides is 1. The number of unbranched alkanes of at least 4 members (excludes halogenated alkanes) is 5. The highest BCUT2D eigenvalue weighted by atomic mass is 79.9. The summed E-state index contributed by atoms with van der Waals surface area (Å²) in [6, 6.07) is 0. The molecule has 0 fully saturated rings. The number of nitrogens with two attached hydrogens (primary N) is 1. The molecule has 0 aliphatic heterocycles. The second-order valence-electron chi connectivity index (χ2n) is 4.51. The van der Waals surface area contributed by atoms with Gasteiger partial charge in [-0.1, -0.05) is 61.4 Å². The van der Waals surface area contributed by atoms with E-state index in [9.17, 15) is 4.79 Å². The Morgan fingerprint density at radius 3 is 2.25 bits per heavy atom. The first-order valence-electron chi connectivity index (χ1n) is 6.59. The molecule has 0 radical (unpaired) electrons. The summed E-state index contributed by atoms with van der Waals surface area (Å²) in [5, 5.41) is 0. The number of carbonyl (C=O) groups excluding carboxylic acids is 1. The molecule has 0 bridgehead atoms. The van der Waals surface area contributed by atoms with Gasteiger partial charge in [-0.2, -0.15) is 0 Å². The third-order valence-electron chi connectivity index (χ3n) is 2.81. The largest absolute Gasteiger partial charge is 0.370 e. The molecule has 1 atom stereocenters. The van der Waals surface area contributed by atoms with E-state index in [4.69, 9.17) is 5.73 Å². The molecule has 0 saturated carbocycles. The van der Waals surface area contributed by atoms with Crippen molar-refractivity contribution in [1.82, 2.24) is 0 Å². The lowest BCUT2D eigenvalue weighted by Gasteiger charge is -2.08. The number of alkyl halides is 1. The first-order valence-corrected chi connectivity index (χ1v) is 7.50. The summed E-state index contributed by atoms with van der Waals surface area (Å²) in [4.78, 5) is 11.1. The molecule has 0 aromatic carbocycles. The van der Waals surface area contributed by atoms with Crippen LogP contribution in [0.1, 0.15) is 71.1 Å². The lowest BCUT2D eigenvalue weighted by atomic mass is 10.1. The van der Waals surface area contributed by atoms with Gasteiger partial charge < -0.3 is 5.73 Å². The topological polar surface area (TPSA) is 43.1 Å². The second kappa shape index (κ2) is 11.4. The zero-order valence-corrected chi connectivity index (χ0v) is 12.1. The molecule has 0 aliphatic rings. The van der Waals surface area contributed by atoms with Crippen molar-refractivity contribution in [2.24, 2.45) is 5.73 Å². The molecule has 2 nitrogen and oxygen atoms in total. The van der Waals surface area contributed by atoms with E-state index < -0.39 is 0 Å². The van der Waals surface area contributed by atoms with Gasteiger partial charge in [0.1, 0.15) is 0 Å². The molecule has 0 aromatic rings. The molecule has 0 spiro atoms. The van der Waals surface area contributed by atoms with Crippen LogP contribution in [0.4, 0.5) is 0 Å². The van der Waals surface area contributed by atoms with Gasteiger partial charge in [-0.05, 0) is 19.3 Å². The van der Waals surface area contributed by atoms with Gasteiger partial charge >= 0.3 is 0 Å². The molecular weight excluding hydrogens is 266 g/mol. The minimum absolute atomic E-state index is 0.181. The van der Waals surface area contributed by atoms with Gasteiger partial charge in [-0.25, -0.2) is 0 Å². The number of primary amides is 1. The Labute approximate surface area is 108 Å². The van der Waals surface area contributed by atoms with Crippen LogP contribution in [-0.4, -0.2) is 10.7 Å². The second-order valence-corrected chi connectivity index (χ2v) is 5.81. The van der Waals surface area contributed by atoms with Gasteiger partial charge in [-0.3, -0.25) is 4.79 Å². The number of carbonyl (C=O) groups is 1. The van der Waals surface area contributed by atoms with Crippen molar-refractivity contribution in [3.63, 3.8) is 0 Å². The lowest BCUT2D eigenvalue weighted by molar-refractivity contribution is -0.118. The molecule has 1 amide bonds. The summed E-state index contributed by atoms with van der Waals surface area (Å²) < 4.78 is 0. The van der Waals surface area contributed by atoms with E-state index in [0.29, 0.717) is 11.2 Å². The summed E-state index contributed by atoms with van der Waals surface area (Å²) in [5.41, 5.74) is 5.09. The summed E-state index contributed by atoms with van der Waals surface area (Å²) >= 11 is 3.66. The first kappa shape index (κ1) is 16.0. The van der Waals surface area contributed by atoms with Crippen molar-refractivity contribution in [3.8, 4) is 0 Å². The Balaban J connectivity index is 3.17. The monoisotopic (exact) mass is 291 g/mol. The van der Waals surface area contributed by atoms with Gasteiger partial charge in [0.25, 0.3) is 0 Å². The first-order chi connectivity index (χ1) is 7.66. The van der Waals surface area contributed by atoms with E-state index in [2.05, 4.69) is 22.9 Å². The number of rotatable bonds is 11. The van der Waals surface area contributed by atoms with E-state index in [1.807, 2.05) is 0 Å². The summed E-state index contributed by atoms with van der Waals surface area (Å²) in [5.74, 6) is -0.181. The third kappa shape index (κ3) is 12.0. The highest BCUT2D eigenvalue weighted by Crippen LogP contribution is 2.18. The molecule has 0 rings (SSSR count). The van der Waals surface area contributed by atoms with Crippen LogP contribution >= 0.6 is 15.9 Å². The van der Waals surface area contributed by atoms with Crippen LogP contribution in [0.25, 0.3) is 0 Å². The SMILES string of the molecule is CCCCCCCCC(Br)CCCC(N)=O. The molecule has 1 unspecified atom stereocenters. The summed E-state index contributed by atoms with van der Waals surface area (Å²) in [7, 11) is 0. The number of hydrogen-bond acceptors (Lipinski definition) is 1. The molecule has 2 N–H and O–H groups in total. The Hall–Kier alpha value is -0.0500. The van der Waals surface area contributed by atoms with Crippen LogP contribution in [-0.2, 0) is 4.79 Å². The van der Waals surface area contributed by atoms with Gasteiger partial charge in [-0.15, -0.1) is 0 Å². The van der Waals surface area contributed by atoms with Gasteiger partial charge in [0.2, 0.25) is 5.91 Å². The van der Waals surface area contributed by atoms with E-state index in [-0.39, 0.29) is 5.91 Å². The average molecular weight is 292 g/mol. The Kier molecular flexibility index (Phi) is 11.4. The normalized spacial score (nSPS) is 12.6. The molecular formula is C13H26BrNO. The number of hydrogen-bond donors (Lipinski definition) is 1. The van der Waals surface area contributed by atoms with Crippen molar-refractivity contribution in [2.75, 3.05) is 0 Å². The van der Waals surface area contributed by atoms with E-state index in [0.717, 1.165) is 12.8 Å². The molecule has 0 aliphatic carbocycles. The van der Waals surface area contributed by atoms with Crippen molar-refractivity contribution in [2.45, 2.75) is 76.0 Å². The van der Waals surface area contributed by atoms with Gasteiger partial charge in [0.15, 0.2) is 0 Å². The van der Waals surface area contributed by atoms with Crippen molar-refractivity contribution >= 4 is 21.8 Å². The smallest absolute Gasteiger partial charge is 0.217 e. The van der Waals surface area contributed by atoms with Crippen LogP contribution in [0.15, 0.2) is 0 Å². The van der Waals surface area contributed by atoms with E-state index >= 15 is 0 Å². The van der Waals surface area contributed by atoms with Crippen molar-refractivity contribution < 1.29 is 4.79 Å². The zero-order valence-electron chi connectivity index (χ0n) is 10.5. The minimum atomic E-state index is -0.181. The minimum Gasteiger partial charge on any atom is -0.370 e. The Morgan fingerprint density at radius 1 is 1.06 bits per heavy atom. The predicted molar refractivity (Wildman–Crippen MR) is 73.8 cm³/mol. The maximum Gasteiger partial charge on any atom is 0.217 e. The zero-order chi connectivity index (χ0) is 12.2. The molecule has 3 heteroatoms. The highest BCUT2D eigenvalue weighted by Gasteiger charge is 2.04. The van der Waals surface area contributed by atoms with Crippen molar-refractivity contribution in [1.29, 1.82) is 0 Å². The van der Waals surface area contributed by atoms with Crippen LogP contribution < -0.4 is 5.73 Å². The maximum atomic E-state index is 10.5. The standard InChI is InChI=1S/C13H26BrNO/c1-2-3-4-5-6-7-9-12(14)10-8-11-13(15)16/h12H,2-11H2,1H3,(H2,15,16). The predicted octanol–water partition coefficient (Wildman–Crippen LogP) is 4.16. The number of halogens is 1. The fourth-order valence-electron chi connectivity index (χ4n) is 1.79.